The number of carbonyl (C=O) groups excluding carboxylic acids is 1. The third kappa shape index (κ3) is 6.70. The van der Waals surface area contributed by atoms with Crippen molar-refractivity contribution < 1.29 is 36.2 Å². The predicted octanol–water partition coefficient (Wildman–Crippen LogP) is 3.04. The standard InChI is InChI=1S/C29H35N3O8S2/c1-20-17-32(21(2)19-33)29(34)26-16-22(30-41(35,36)24-8-6-5-7-9-24)10-15-27(26)40-28(20)18-31(3)42(37,38)25-13-11-23(39-4)12-14-25/h5-16,20-21,28,30,33H,17-19H2,1-4H3/t20-,21-,28-/m1/s1. The van der Waals surface area contributed by atoms with Crippen molar-refractivity contribution in [3.8, 4) is 11.5 Å². The summed E-state index contributed by atoms with van der Waals surface area (Å²) in [4.78, 5) is 15.3. The number of nitrogens with one attached hydrogen (secondary N) is 1. The third-order valence-corrected chi connectivity index (χ3v) is 10.4. The van der Waals surface area contributed by atoms with Crippen molar-refractivity contribution >= 4 is 31.6 Å². The third-order valence-electron chi connectivity index (χ3n) is 7.18. The molecule has 1 aliphatic heterocycles. The number of sulfonamides is 2. The maximum Gasteiger partial charge on any atom is 0.261 e. The van der Waals surface area contributed by atoms with Crippen LogP contribution in [0.1, 0.15) is 24.2 Å². The van der Waals surface area contributed by atoms with Gasteiger partial charge in [0.15, 0.2) is 0 Å². The Labute approximate surface area is 246 Å². The molecule has 0 unspecified atom stereocenters. The number of likely N-dealkylation sites (N-methyl/N-ethyl adjacent to an activating group) is 1. The van der Waals surface area contributed by atoms with E-state index < -0.39 is 38.1 Å². The van der Waals surface area contributed by atoms with Crippen LogP contribution in [0.25, 0.3) is 0 Å². The van der Waals surface area contributed by atoms with Crippen LogP contribution in [0.2, 0.25) is 0 Å². The Morgan fingerprint density at radius 2 is 1.71 bits per heavy atom. The van der Waals surface area contributed by atoms with Gasteiger partial charge in [0.05, 0.1) is 41.7 Å². The molecule has 13 heteroatoms. The first-order valence-corrected chi connectivity index (χ1v) is 16.2. The van der Waals surface area contributed by atoms with Gasteiger partial charge in [-0.25, -0.2) is 16.8 Å². The van der Waals surface area contributed by atoms with E-state index in [9.17, 15) is 26.7 Å². The molecule has 0 fully saturated rings. The highest BCUT2D eigenvalue weighted by Gasteiger charge is 2.35. The number of aliphatic hydroxyl groups excluding tert-OH is 1. The van der Waals surface area contributed by atoms with Gasteiger partial charge in [-0.05, 0) is 61.5 Å². The van der Waals surface area contributed by atoms with Crippen molar-refractivity contribution in [3.63, 3.8) is 0 Å². The highest BCUT2D eigenvalue weighted by atomic mass is 32.2. The van der Waals surface area contributed by atoms with Gasteiger partial charge in [0.2, 0.25) is 10.0 Å². The van der Waals surface area contributed by atoms with E-state index in [1.54, 1.807) is 37.3 Å². The molecule has 0 spiro atoms. The molecule has 1 amide bonds. The van der Waals surface area contributed by atoms with Crippen LogP contribution in [-0.4, -0.2) is 83.1 Å². The van der Waals surface area contributed by atoms with E-state index in [0.717, 1.165) is 0 Å². The number of methoxy groups -OCH3 is 1. The normalized spacial score (nSPS) is 18.4. The zero-order chi connectivity index (χ0) is 30.7. The van der Waals surface area contributed by atoms with Crippen LogP contribution in [-0.2, 0) is 20.0 Å². The molecule has 226 valence electrons. The number of benzene rings is 3. The van der Waals surface area contributed by atoms with E-state index in [0.29, 0.717) is 5.75 Å². The molecule has 1 heterocycles. The second-order valence-electron chi connectivity index (χ2n) is 10.2. The van der Waals surface area contributed by atoms with Crippen LogP contribution in [0.4, 0.5) is 5.69 Å². The molecular formula is C29H35N3O8S2. The van der Waals surface area contributed by atoms with Crippen molar-refractivity contribution in [1.82, 2.24) is 9.21 Å². The summed E-state index contributed by atoms with van der Waals surface area (Å²) in [6, 6.07) is 17.7. The molecule has 2 N–H and O–H groups in total. The lowest BCUT2D eigenvalue weighted by molar-refractivity contribution is 0.0387. The first-order valence-electron chi connectivity index (χ1n) is 13.3. The SMILES string of the molecule is COc1ccc(S(=O)(=O)N(C)C[C@H]2Oc3ccc(NS(=O)(=O)c4ccccc4)cc3C(=O)N([C@H](C)CO)C[C@H]2C)cc1. The second kappa shape index (κ2) is 12.7. The summed E-state index contributed by atoms with van der Waals surface area (Å²) in [5.74, 6) is -0.0827. The summed E-state index contributed by atoms with van der Waals surface area (Å²) in [5, 5.41) is 9.90. The van der Waals surface area contributed by atoms with Gasteiger partial charge >= 0.3 is 0 Å². The average Bonchev–Trinajstić information content (AvgIpc) is 2.99. The van der Waals surface area contributed by atoms with E-state index in [1.807, 2.05) is 6.92 Å². The lowest BCUT2D eigenvalue weighted by atomic mass is 9.99. The Bertz CT molecular complexity index is 1610. The number of amides is 1. The molecule has 1 aliphatic rings. The highest BCUT2D eigenvalue weighted by molar-refractivity contribution is 7.92. The number of nitrogens with zero attached hydrogens (tertiary/aromatic N) is 2. The highest BCUT2D eigenvalue weighted by Crippen LogP contribution is 2.32. The van der Waals surface area contributed by atoms with Gasteiger partial charge in [-0.15, -0.1) is 0 Å². The molecule has 3 aromatic rings. The molecule has 4 rings (SSSR count). The fraction of sp³-hybridized carbons (Fsp3) is 0.345. The smallest absolute Gasteiger partial charge is 0.261 e. The molecule has 3 aromatic carbocycles. The number of hydrogen-bond acceptors (Lipinski definition) is 8. The largest absolute Gasteiger partial charge is 0.497 e. The molecule has 3 atom stereocenters. The van der Waals surface area contributed by atoms with Crippen molar-refractivity contribution in [1.29, 1.82) is 0 Å². The second-order valence-corrected chi connectivity index (χ2v) is 13.9. The number of hydrogen-bond donors (Lipinski definition) is 2. The monoisotopic (exact) mass is 617 g/mol. The lowest BCUT2D eigenvalue weighted by Crippen LogP contribution is -2.50. The zero-order valence-corrected chi connectivity index (χ0v) is 25.4. The zero-order valence-electron chi connectivity index (χ0n) is 23.8. The van der Waals surface area contributed by atoms with Crippen molar-refractivity contribution in [3.05, 3.63) is 78.4 Å². The van der Waals surface area contributed by atoms with Crippen molar-refractivity contribution in [2.45, 2.75) is 35.8 Å². The summed E-state index contributed by atoms with van der Waals surface area (Å²) in [6.45, 7) is 3.37. The molecule has 42 heavy (non-hydrogen) atoms. The maximum absolute atomic E-state index is 13.7. The predicted molar refractivity (Wildman–Crippen MR) is 158 cm³/mol. The Hall–Kier alpha value is -3.65. The lowest BCUT2D eigenvalue weighted by Gasteiger charge is -2.38. The van der Waals surface area contributed by atoms with Gasteiger partial charge in [0, 0.05) is 25.2 Å². The maximum atomic E-state index is 13.7. The fourth-order valence-corrected chi connectivity index (χ4v) is 6.85. The molecule has 11 nitrogen and oxygen atoms in total. The minimum absolute atomic E-state index is 0.0348. The van der Waals surface area contributed by atoms with Gasteiger partial charge in [-0.1, -0.05) is 25.1 Å². The Morgan fingerprint density at radius 1 is 1.05 bits per heavy atom. The molecule has 0 aromatic heterocycles. The van der Waals surface area contributed by atoms with Crippen LogP contribution >= 0.6 is 0 Å². The number of anilines is 1. The van der Waals surface area contributed by atoms with E-state index in [-0.39, 0.29) is 52.4 Å². The van der Waals surface area contributed by atoms with E-state index in [4.69, 9.17) is 9.47 Å². The van der Waals surface area contributed by atoms with Crippen molar-refractivity contribution in [2.75, 3.05) is 38.6 Å². The quantitative estimate of drug-likeness (QED) is 0.354. The number of carbonyl (C=O) groups is 1. The van der Waals surface area contributed by atoms with Gasteiger partial charge in [0.1, 0.15) is 17.6 Å². The van der Waals surface area contributed by atoms with Crippen LogP contribution in [0, 0.1) is 5.92 Å². The Kier molecular flexibility index (Phi) is 9.46. The molecule has 0 bridgehead atoms. The van der Waals surface area contributed by atoms with E-state index >= 15 is 0 Å². The number of aliphatic hydroxyl groups is 1. The van der Waals surface area contributed by atoms with E-state index in [2.05, 4.69) is 4.72 Å². The molecular weight excluding hydrogens is 582 g/mol. The van der Waals surface area contributed by atoms with Gasteiger partial charge in [0.25, 0.3) is 15.9 Å². The van der Waals surface area contributed by atoms with E-state index in [1.165, 1.54) is 65.8 Å². The number of fused-ring (bicyclic) bond motifs is 1. The van der Waals surface area contributed by atoms with Crippen LogP contribution in [0.15, 0.2) is 82.6 Å². The van der Waals surface area contributed by atoms with Gasteiger partial charge < -0.3 is 19.5 Å². The summed E-state index contributed by atoms with van der Waals surface area (Å²) < 4.78 is 67.6. The summed E-state index contributed by atoms with van der Waals surface area (Å²) in [7, 11) is -4.86. The molecule has 0 saturated heterocycles. The van der Waals surface area contributed by atoms with Gasteiger partial charge in [-0.2, -0.15) is 4.31 Å². The molecule has 0 radical (unpaired) electrons. The fourth-order valence-electron chi connectivity index (χ4n) is 4.60. The Balaban J connectivity index is 1.67. The summed E-state index contributed by atoms with van der Waals surface area (Å²) >= 11 is 0. The number of ether oxygens (including phenoxy) is 2. The average molecular weight is 618 g/mol. The molecule has 0 aliphatic carbocycles. The van der Waals surface area contributed by atoms with Crippen LogP contribution in [0.3, 0.4) is 0 Å². The first-order chi connectivity index (χ1) is 19.9. The Morgan fingerprint density at radius 3 is 2.33 bits per heavy atom. The molecule has 0 saturated carbocycles. The number of rotatable bonds is 10. The summed E-state index contributed by atoms with van der Waals surface area (Å²) in [6.07, 6.45) is -0.685. The van der Waals surface area contributed by atoms with Crippen LogP contribution in [0.5, 0.6) is 11.5 Å². The minimum Gasteiger partial charge on any atom is -0.497 e. The van der Waals surface area contributed by atoms with Crippen molar-refractivity contribution in [2.24, 2.45) is 5.92 Å². The van der Waals surface area contributed by atoms with Crippen LogP contribution < -0.4 is 14.2 Å². The first kappa shape index (κ1) is 31.3. The topological polar surface area (TPSA) is 143 Å². The van der Waals surface area contributed by atoms with Gasteiger partial charge in [-0.3, -0.25) is 9.52 Å². The summed E-state index contributed by atoms with van der Waals surface area (Å²) in [5.41, 5.74) is 0.233. The minimum atomic E-state index is -3.93.